The molecule has 0 aliphatic heterocycles. The van der Waals surface area contributed by atoms with Crippen LogP contribution in [0.5, 0.6) is 0 Å². The summed E-state index contributed by atoms with van der Waals surface area (Å²) in [6.45, 7) is 8.98. The van der Waals surface area contributed by atoms with E-state index in [-0.39, 0.29) is 0 Å². The van der Waals surface area contributed by atoms with Gasteiger partial charge in [-0.25, -0.2) is 0 Å². The number of aryl methyl sites for hydroxylation is 1. The number of rotatable bonds is 3. The van der Waals surface area contributed by atoms with Crippen molar-refractivity contribution in [2.75, 3.05) is 0 Å². The molecule has 111 valence electrons. The van der Waals surface area contributed by atoms with Crippen molar-refractivity contribution < 1.29 is 15.1 Å². The molecule has 1 aromatic carbocycles. The van der Waals surface area contributed by atoms with Gasteiger partial charge in [-0.05, 0) is 18.6 Å². The van der Waals surface area contributed by atoms with Gasteiger partial charge in [0.05, 0.1) is 13.8 Å². The molecule has 0 N–H and O–H groups in total. The first-order chi connectivity index (χ1) is 9.47. The van der Waals surface area contributed by atoms with Crippen molar-refractivity contribution in [3.8, 4) is 0 Å². The second-order valence-electron chi connectivity index (χ2n) is 5.55. The first-order valence-electron chi connectivity index (χ1n) is 6.32. The molecule has 0 aliphatic rings. The zero-order valence-electron chi connectivity index (χ0n) is 12.1. The van der Waals surface area contributed by atoms with E-state index in [1.807, 2.05) is 24.4 Å². The van der Waals surface area contributed by atoms with E-state index >= 15 is 0 Å². The fourth-order valence-corrected chi connectivity index (χ4v) is 2.76. The number of hydrogen-bond donors (Lipinski definition) is 0. The maximum absolute atomic E-state index is 4.64. The Bertz CT molecular complexity index is 573. The summed E-state index contributed by atoms with van der Waals surface area (Å²) in [5, 5.41) is 1.24. The van der Waals surface area contributed by atoms with Crippen molar-refractivity contribution in [2.24, 2.45) is 4.99 Å². The molecule has 0 atom stereocenters. The molecule has 2 rings (SSSR count). The van der Waals surface area contributed by atoms with Crippen LogP contribution in [0.25, 0.3) is 0 Å². The second-order valence-corrected chi connectivity index (χ2v) is 10.6. The van der Waals surface area contributed by atoms with Crippen LogP contribution in [-0.2, 0) is 15.1 Å². The normalized spacial score (nSPS) is 11.3. The number of aromatic nitrogens is 1. The van der Waals surface area contributed by atoms with Crippen LogP contribution in [0.1, 0.15) is 11.3 Å². The fraction of sp³-hybridized carbons (Fsp3) is 0.267. The molecular weight excluding hydrogens is 335 g/mol. The van der Waals surface area contributed by atoms with Crippen molar-refractivity contribution in [2.45, 2.75) is 26.6 Å². The average Bonchev–Trinajstić information content (AvgIpc) is 2.89. The van der Waals surface area contributed by atoms with Crippen LogP contribution in [0.3, 0.4) is 0 Å². The Kier molecular flexibility index (Phi) is 6.76. The Morgan fingerprint density at radius 2 is 1.75 bits per heavy atom. The third-order valence-corrected chi connectivity index (χ3v) is 4.70. The molecule has 0 bridgehead atoms. The molecule has 0 amide bonds. The summed E-state index contributed by atoms with van der Waals surface area (Å²) < 4.78 is 0. The molecule has 2 aromatic rings. The number of nitrogens with zero attached hydrogens (tertiary/aromatic N) is 2. The van der Waals surface area contributed by atoms with E-state index in [0.717, 1.165) is 11.4 Å². The summed E-state index contributed by atoms with van der Waals surface area (Å²) >= 11 is 3.66. The Balaban J connectivity index is 0.000000956. The van der Waals surface area contributed by atoms with Gasteiger partial charge in [0.1, 0.15) is 0 Å². The van der Waals surface area contributed by atoms with E-state index in [0.29, 0.717) is 0 Å². The molecular formula is C15H19ClCuN2Si. The number of aliphatic imine (C=N–C) groups is 1. The molecule has 1 aromatic heterocycles. The minimum absolute atomic E-state index is 0.954. The van der Waals surface area contributed by atoms with Gasteiger partial charge in [0.15, 0.2) is 0 Å². The SMILES string of the molecule is Cc1ccccc1N=Cc1ccc([Si](C)(C)C)[n-]1.[Cl][Cu+]. The van der Waals surface area contributed by atoms with E-state index in [4.69, 9.17) is 0 Å². The van der Waals surface area contributed by atoms with Gasteiger partial charge >= 0.3 is 25.2 Å². The molecule has 5 heteroatoms. The maximum atomic E-state index is 4.64. The quantitative estimate of drug-likeness (QED) is 0.606. The molecule has 1 heterocycles. The van der Waals surface area contributed by atoms with Gasteiger partial charge in [0.2, 0.25) is 0 Å². The van der Waals surface area contributed by atoms with Crippen LogP contribution in [0.2, 0.25) is 19.6 Å². The van der Waals surface area contributed by atoms with Crippen molar-refractivity contribution >= 4 is 35.4 Å². The van der Waals surface area contributed by atoms with Gasteiger partial charge in [-0.3, -0.25) is 4.99 Å². The number of para-hydroxylation sites is 1. The first-order valence-corrected chi connectivity index (χ1v) is 11.1. The predicted molar refractivity (Wildman–Crippen MR) is 87.0 cm³/mol. The fourth-order valence-electron chi connectivity index (χ4n) is 1.71. The van der Waals surface area contributed by atoms with Gasteiger partial charge < -0.3 is 4.98 Å². The van der Waals surface area contributed by atoms with E-state index < -0.39 is 8.07 Å². The summed E-state index contributed by atoms with van der Waals surface area (Å²) in [6, 6.07) is 12.3. The van der Waals surface area contributed by atoms with Gasteiger partial charge in [0, 0.05) is 6.21 Å². The summed E-state index contributed by atoms with van der Waals surface area (Å²) in [7, 11) is 2.90. The van der Waals surface area contributed by atoms with Crippen molar-refractivity contribution in [3.05, 3.63) is 47.7 Å². The Morgan fingerprint density at radius 3 is 2.30 bits per heavy atom. The monoisotopic (exact) mass is 353 g/mol. The Morgan fingerprint density at radius 1 is 1.10 bits per heavy atom. The number of hydrogen-bond acceptors (Lipinski definition) is 1. The molecule has 0 unspecified atom stereocenters. The minimum atomic E-state index is -1.30. The average molecular weight is 354 g/mol. The molecule has 0 aliphatic carbocycles. The van der Waals surface area contributed by atoms with Crippen LogP contribution >= 0.6 is 10.1 Å². The van der Waals surface area contributed by atoms with Crippen LogP contribution < -0.4 is 10.3 Å². The van der Waals surface area contributed by atoms with Crippen molar-refractivity contribution in [1.82, 2.24) is 4.98 Å². The topological polar surface area (TPSA) is 26.5 Å². The number of benzene rings is 1. The van der Waals surface area contributed by atoms with Gasteiger partial charge in [-0.1, -0.05) is 50.0 Å². The van der Waals surface area contributed by atoms with Crippen LogP contribution in [0, 0.1) is 6.92 Å². The molecule has 2 nitrogen and oxygen atoms in total. The van der Waals surface area contributed by atoms with E-state index in [1.54, 1.807) is 0 Å². The van der Waals surface area contributed by atoms with Crippen LogP contribution in [0.4, 0.5) is 5.69 Å². The van der Waals surface area contributed by atoms with Crippen molar-refractivity contribution in [1.29, 1.82) is 0 Å². The van der Waals surface area contributed by atoms with E-state index in [9.17, 15) is 0 Å². The second kappa shape index (κ2) is 7.84. The molecule has 0 radical (unpaired) electrons. The third kappa shape index (κ3) is 4.95. The number of halogens is 1. The molecule has 0 saturated carbocycles. The Hall–Kier alpha value is -0.804. The van der Waals surface area contributed by atoms with E-state index in [1.165, 1.54) is 10.9 Å². The summed E-state index contributed by atoms with van der Waals surface area (Å²) in [5.41, 5.74) is 3.15. The first kappa shape index (κ1) is 17.2. The van der Waals surface area contributed by atoms with Crippen LogP contribution in [0.15, 0.2) is 41.4 Å². The summed E-state index contributed by atoms with van der Waals surface area (Å²) in [6.07, 6.45) is 1.85. The zero-order valence-corrected chi connectivity index (χ0v) is 14.8. The predicted octanol–water partition coefficient (Wildman–Crippen LogP) is 3.94. The van der Waals surface area contributed by atoms with E-state index in [2.05, 4.69) is 79.9 Å². The molecule has 20 heavy (non-hydrogen) atoms. The summed E-state index contributed by atoms with van der Waals surface area (Å²) in [5.74, 6) is 0. The molecule has 0 saturated heterocycles. The standard InChI is InChI=1S/C15H19N2Si.ClH.Cu/c1-12-7-5-6-8-14(12)16-11-13-9-10-15(17-13)18(2,3)4;;/h5-11H,1-4H3;1H;/q-1;;+2/p-1. The third-order valence-electron chi connectivity index (χ3n) is 2.88. The van der Waals surface area contributed by atoms with Gasteiger partial charge in [0.25, 0.3) is 0 Å². The Labute approximate surface area is 134 Å². The molecule has 0 spiro atoms. The van der Waals surface area contributed by atoms with Gasteiger partial charge in [-0.2, -0.15) is 5.32 Å². The summed E-state index contributed by atoms with van der Waals surface area (Å²) in [4.78, 5) is 9.14. The zero-order chi connectivity index (χ0) is 15.2. The van der Waals surface area contributed by atoms with Gasteiger partial charge in [-0.15, -0.1) is 5.69 Å². The molecule has 0 fully saturated rings. The van der Waals surface area contributed by atoms with Crippen molar-refractivity contribution in [3.63, 3.8) is 0 Å². The van der Waals surface area contributed by atoms with Crippen LogP contribution in [-0.4, -0.2) is 14.3 Å².